The van der Waals surface area contributed by atoms with Crippen LogP contribution in [0, 0.1) is 6.92 Å². The third kappa shape index (κ3) is 3.62. The minimum Gasteiger partial charge on any atom is -0.353 e. The Balaban J connectivity index is 1.71. The van der Waals surface area contributed by atoms with E-state index in [1.54, 1.807) is 0 Å². The third-order valence-corrected chi connectivity index (χ3v) is 5.70. The molecule has 0 saturated carbocycles. The van der Waals surface area contributed by atoms with Gasteiger partial charge >= 0.3 is 0 Å². The lowest BCUT2D eigenvalue weighted by atomic mass is 9.95. The number of fused-ring (bicyclic) bond motifs is 2. The van der Waals surface area contributed by atoms with Crippen molar-refractivity contribution in [2.75, 3.05) is 0 Å². The van der Waals surface area contributed by atoms with Crippen LogP contribution < -0.4 is 5.32 Å². The average molecular weight is 361 g/mol. The van der Waals surface area contributed by atoms with Crippen molar-refractivity contribution in [1.82, 2.24) is 25.0 Å². The molecule has 0 aromatic carbocycles. The first-order chi connectivity index (χ1) is 12.3. The van der Waals surface area contributed by atoms with E-state index in [2.05, 4.69) is 38.8 Å². The van der Waals surface area contributed by atoms with E-state index in [0.717, 1.165) is 37.3 Å². The molecule has 0 spiro atoms. The Morgan fingerprint density at radius 1 is 1.12 bits per heavy atom. The predicted octanol–water partition coefficient (Wildman–Crippen LogP) is 2.32. The number of piperidine rings is 1. The van der Waals surface area contributed by atoms with Crippen LogP contribution in [0.5, 0.6) is 0 Å². The molecule has 0 radical (unpaired) electrons. The van der Waals surface area contributed by atoms with E-state index >= 15 is 0 Å². The first kappa shape index (κ1) is 18.9. The zero-order valence-corrected chi connectivity index (χ0v) is 16.5. The molecule has 26 heavy (non-hydrogen) atoms. The van der Waals surface area contributed by atoms with Gasteiger partial charge in [-0.25, -0.2) is 0 Å². The van der Waals surface area contributed by atoms with Gasteiger partial charge in [0.05, 0.1) is 0 Å². The van der Waals surface area contributed by atoms with Crippen LogP contribution in [-0.2, 0) is 9.59 Å². The molecule has 3 atom stereocenters. The fraction of sp³-hybridized carbons (Fsp3) is 0.789. The number of aryl methyl sites for hydroxylation is 1. The first-order valence-electron chi connectivity index (χ1n) is 9.77. The Morgan fingerprint density at radius 2 is 1.73 bits per heavy atom. The number of amides is 2. The van der Waals surface area contributed by atoms with Gasteiger partial charge in [-0.2, -0.15) is 0 Å². The van der Waals surface area contributed by atoms with Crippen LogP contribution in [0.4, 0.5) is 0 Å². The molecule has 3 unspecified atom stereocenters. The summed E-state index contributed by atoms with van der Waals surface area (Å²) in [5.41, 5.74) is 0. The predicted molar refractivity (Wildman–Crippen MR) is 98.7 cm³/mol. The van der Waals surface area contributed by atoms with Crippen molar-refractivity contribution in [2.45, 2.75) is 96.8 Å². The Hall–Kier alpha value is -1.92. The van der Waals surface area contributed by atoms with Gasteiger partial charge in [-0.1, -0.05) is 13.8 Å². The van der Waals surface area contributed by atoms with E-state index < -0.39 is 0 Å². The van der Waals surface area contributed by atoms with Gasteiger partial charge in [0, 0.05) is 43.4 Å². The van der Waals surface area contributed by atoms with Gasteiger partial charge in [0.15, 0.2) is 0 Å². The van der Waals surface area contributed by atoms with E-state index in [1.165, 1.54) is 6.92 Å². The second-order valence-corrected chi connectivity index (χ2v) is 8.25. The second-order valence-electron chi connectivity index (χ2n) is 8.25. The smallest absolute Gasteiger partial charge is 0.225 e. The summed E-state index contributed by atoms with van der Waals surface area (Å²) in [5, 5.41) is 11.5. The van der Waals surface area contributed by atoms with Crippen LogP contribution in [0.1, 0.15) is 83.4 Å². The molecule has 144 valence electrons. The normalized spacial score (nSPS) is 26.2. The van der Waals surface area contributed by atoms with Gasteiger partial charge in [0.2, 0.25) is 11.8 Å². The topological polar surface area (TPSA) is 80.1 Å². The lowest BCUT2D eigenvalue weighted by Crippen LogP contribution is -2.49. The number of hydrogen-bond acceptors (Lipinski definition) is 4. The maximum Gasteiger partial charge on any atom is 0.225 e. The number of carbonyl (C=O) groups excluding carboxylic acids is 2. The number of carbonyl (C=O) groups is 2. The summed E-state index contributed by atoms with van der Waals surface area (Å²) in [4.78, 5) is 26.1. The number of aromatic nitrogens is 3. The number of hydrogen-bond donors (Lipinski definition) is 1. The average Bonchev–Trinajstić information content (AvgIpc) is 3.04. The van der Waals surface area contributed by atoms with E-state index in [9.17, 15) is 9.59 Å². The Bertz CT molecular complexity index is 669. The van der Waals surface area contributed by atoms with Gasteiger partial charge in [-0.3, -0.25) is 9.59 Å². The lowest BCUT2D eigenvalue weighted by molar-refractivity contribution is -0.136. The number of nitrogens with zero attached hydrogens (tertiary/aromatic N) is 4. The third-order valence-electron chi connectivity index (χ3n) is 5.70. The lowest BCUT2D eigenvalue weighted by Gasteiger charge is -2.40. The Labute approximate surface area is 155 Å². The summed E-state index contributed by atoms with van der Waals surface area (Å²) in [5.74, 6) is 2.44. The zero-order valence-electron chi connectivity index (χ0n) is 16.5. The van der Waals surface area contributed by atoms with E-state index in [1.807, 2.05) is 13.8 Å². The molecule has 2 saturated heterocycles. The highest BCUT2D eigenvalue weighted by Crippen LogP contribution is 2.42. The van der Waals surface area contributed by atoms with E-state index in [4.69, 9.17) is 0 Å². The monoisotopic (exact) mass is 361 g/mol. The van der Waals surface area contributed by atoms with Gasteiger partial charge in [0.25, 0.3) is 0 Å². The highest BCUT2D eigenvalue weighted by atomic mass is 16.2. The Kier molecular flexibility index (Phi) is 5.34. The number of rotatable bonds is 5. The molecule has 0 aliphatic carbocycles. The van der Waals surface area contributed by atoms with Crippen molar-refractivity contribution in [1.29, 1.82) is 0 Å². The van der Waals surface area contributed by atoms with Crippen molar-refractivity contribution >= 4 is 11.8 Å². The van der Waals surface area contributed by atoms with Gasteiger partial charge in [0.1, 0.15) is 11.6 Å². The molecule has 3 rings (SSSR count). The Morgan fingerprint density at radius 3 is 2.27 bits per heavy atom. The molecule has 2 aliphatic rings. The molecule has 2 aliphatic heterocycles. The van der Waals surface area contributed by atoms with Crippen molar-refractivity contribution in [3.8, 4) is 0 Å². The van der Waals surface area contributed by atoms with Crippen molar-refractivity contribution in [3.63, 3.8) is 0 Å². The van der Waals surface area contributed by atoms with Crippen LogP contribution in [-0.4, -0.2) is 49.6 Å². The standard InChI is InChI=1S/C19H31N5O2/c1-11(2)19-22-21-13(4)23(19)17-9-15-6-7-16(10-17)24(15)18(26)8-12(3)20-14(5)25/h11-12,15-17H,6-10H2,1-5H3,(H,20,25). The highest BCUT2D eigenvalue weighted by Gasteiger charge is 2.44. The summed E-state index contributed by atoms with van der Waals surface area (Å²) >= 11 is 0. The molecule has 7 nitrogen and oxygen atoms in total. The zero-order chi connectivity index (χ0) is 19.0. The molecular weight excluding hydrogens is 330 g/mol. The summed E-state index contributed by atoms with van der Waals surface area (Å²) in [6, 6.07) is 0.830. The largest absolute Gasteiger partial charge is 0.353 e. The fourth-order valence-electron chi connectivity index (χ4n) is 4.76. The maximum atomic E-state index is 12.8. The fourth-order valence-corrected chi connectivity index (χ4v) is 4.76. The molecule has 7 heteroatoms. The van der Waals surface area contributed by atoms with Crippen molar-refractivity contribution < 1.29 is 9.59 Å². The summed E-state index contributed by atoms with van der Waals surface area (Å²) in [7, 11) is 0. The van der Waals surface area contributed by atoms with Crippen LogP contribution in [0.2, 0.25) is 0 Å². The summed E-state index contributed by atoms with van der Waals surface area (Å²) in [6.45, 7) is 9.70. The molecule has 1 N–H and O–H groups in total. The minimum atomic E-state index is -0.121. The molecular formula is C19H31N5O2. The first-order valence-corrected chi connectivity index (χ1v) is 9.77. The molecule has 2 amide bonds. The number of nitrogens with one attached hydrogen (secondary N) is 1. The maximum absolute atomic E-state index is 12.8. The summed E-state index contributed by atoms with van der Waals surface area (Å²) < 4.78 is 2.30. The van der Waals surface area contributed by atoms with Crippen LogP contribution in [0.15, 0.2) is 0 Å². The van der Waals surface area contributed by atoms with Gasteiger partial charge in [-0.15, -0.1) is 10.2 Å². The molecule has 2 bridgehead atoms. The second kappa shape index (κ2) is 7.37. The SMILES string of the molecule is CC(=O)NC(C)CC(=O)N1C2CCC1CC(n1c(C)nnc1C(C)C)C2. The molecule has 3 heterocycles. The van der Waals surface area contributed by atoms with Gasteiger partial charge in [-0.05, 0) is 39.5 Å². The molecule has 1 aromatic heterocycles. The van der Waals surface area contributed by atoms with Crippen molar-refractivity contribution in [3.05, 3.63) is 11.6 Å². The quantitative estimate of drug-likeness (QED) is 0.873. The van der Waals surface area contributed by atoms with E-state index in [0.29, 0.717) is 18.4 Å². The van der Waals surface area contributed by atoms with Gasteiger partial charge < -0.3 is 14.8 Å². The molecule has 2 fully saturated rings. The summed E-state index contributed by atoms with van der Waals surface area (Å²) in [6.07, 6.45) is 4.45. The van der Waals surface area contributed by atoms with E-state index in [-0.39, 0.29) is 29.9 Å². The van der Waals surface area contributed by atoms with Crippen LogP contribution in [0.3, 0.4) is 0 Å². The van der Waals surface area contributed by atoms with Crippen LogP contribution in [0.25, 0.3) is 0 Å². The highest BCUT2D eigenvalue weighted by molar-refractivity contribution is 5.79. The van der Waals surface area contributed by atoms with Crippen molar-refractivity contribution in [2.24, 2.45) is 0 Å². The minimum absolute atomic E-state index is 0.0868. The molecule has 1 aromatic rings. The van der Waals surface area contributed by atoms with Crippen LogP contribution >= 0.6 is 0 Å².